The number of hydrogen-bond donors (Lipinski definition) is 0. The Bertz CT molecular complexity index is 1130. The molecule has 0 radical (unpaired) electrons. The number of thioether (sulfide) groups is 2. The average Bonchev–Trinajstić information content (AvgIpc) is 3.14. The van der Waals surface area contributed by atoms with Gasteiger partial charge in [-0.3, -0.25) is 14.5 Å². The SMILES string of the molecule is CCC(=O)N1CCN(C(=O)O[C@H]2C3SCCSC3C(=O)N2c2ccc3ccc(Cl)nc3n2)CC1. The summed E-state index contributed by atoms with van der Waals surface area (Å²) in [6, 6.07) is 7.09. The first kappa shape index (κ1) is 23.5. The molecule has 0 bridgehead atoms. The summed E-state index contributed by atoms with van der Waals surface area (Å²) in [7, 11) is 0. The number of nitrogens with zero attached hydrogens (tertiary/aromatic N) is 5. The molecule has 3 aliphatic heterocycles. The number of fused-ring (bicyclic) bond motifs is 2. The van der Waals surface area contributed by atoms with Crippen molar-refractivity contribution in [2.75, 3.05) is 42.6 Å². The molecule has 0 aromatic carbocycles. The number of anilines is 1. The molecule has 5 heterocycles. The lowest BCUT2D eigenvalue weighted by atomic mass is 10.3. The summed E-state index contributed by atoms with van der Waals surface area (Å²) in [5.41, 5.74) is 0.426. The molecule has 2 aromatic rings. The van der Waals surface area contributed by atoms with Crippen LogP contribution < -0.4 is 4.90 Å². The Morgan fingerprint density at radius 1 is 1.06 bits per heavy atom. The van der Waals surface area contributed by atoms with Gasteiger partial charge in [0.1, 0.15) is 16.2 Å². The molecule has 3 fully saturated rings. The van der Waals surface area contributed by atoms with Gasteiger partial charge in [-0.1, -0.05) is 18.5 Å². The third kappa shape index (κ3) is 4.40. The Labute approximate surface area is 210 Å². The van der Waals surface area contributed by atoms with Gasteiger partial charge in [0.2, 0.25) is 11.8 Å². The molecule has 3 aliphatic rings. The molecule has 0 N–H and O–H groups in total. The van der Waals surface area contributed by atoms with Crippen LogP contribution in [0.5, 0.6) is 0 Å². The van der Waals surface area contributed by atoms with Crippen LogP contribution in [0.15, 0.2) is 24.3 Å². The number of pyridine rings is 2. The molecule has 12 heteroatoms. The van der Waals surface area contributed by atoms with E-state index in [1.165, 1.54) is 4.90 Å². The molecule has 3 saturated heterocycles. The fourth-order valence-corrected chi connectivity index (χ4v) is 7.52. The zero-order valence-electron chi connectivity index (χ0n) is 18.6. The third-order valence-electron chi connectivity index (χ3n) is 6.17. The van der Waals surface area contributed by atoms with Crippen LogP contribution >= 0.6 is 35.1 Å². The lowest BCUT2D eigenvalue weighted by Gasteiger charge is -2.36. The smallest absolute Gasteiger partial charge is 0.411 e. The van der Waals surface area contributed by atoms with Crippen molar-refractivity contribution in [3.05, 3.63) is 29.4 Å². The van der Waals surface area contributed by atoms with Gasteiger partial charge in [-0.2, -0.15) is 11.8 Å². The molecule has 5 rings (SSSR count). The van der Waals surface area contributed by atoms with Gasteiger partial charge in [-0.05, 0) is 24.3 Å². The Kier molecular flexibility index (Phi) is 6.76. The van der Waals surface area contributed by atoms with Crippen molar-refractivity contribution in [3.63, 3.8) is 0 Å². The van der Waals surface area contributed by atoms with Gasteiger partial charge in [0, 0.05) is 49.5 Å². The number of piperazine rings is 1. The van der Waals surface area contributed by atoms with Gasteiger partial charge in [0.25, 0.3) is 0 Å². The molecular formula is C22H24ClN5O4S2. The first-order valence-electron chi connectivity index (χ1n) is 11.2. The summed E-state index contributed by atoms with van der Waals surface area (Å²) < 4.78 is 5.98. The number of aromatic nitrogens is 2. The Morgan fingerprint density at radius 3 is 2.53 bits per heavy atom. The zero-order chi connectivity index (χ0) is 23.8. The maximum atomic E-state index is 13.4. The number of ether oxygens (including phenoxy) is 1. The Morgan fingerprint density at radius 2 is 1.76 bits per heavy atom. The van der Waals surface area contributed by atoms with E-state index in [4.69, 9.17) is 16.3 Å². The minimum atomic E-state index is -0.776. The maximum absolute atomic E-state index is 13.4. The Hall–Kier alpha value is -2.24. The van der Waals surface area contributed by atoms with Crippen molar-refractivity contribution < 1.29 is 19.1 Å². The van der Waals surface area contributed by atoms with Crippen molar-refractivity contribution in [2.24, 2.45) is 0 Å². The van der Waals surface area contributed by atoms with Crippen molar-refractivity contribution >= 4 is 69.9 Å². The molecule has 0 saturated carbocycles. The first-order valence-corrected chi connectivity index (χ1v) is 13.7. The van der Waals surface area contributed by atoms with E-state index in [2.05, 4.69) is 9.97 Å². The quantitative estimate of drug-likeness (QED) is 0.569. The molecule has 2 aromatic heterocycles. The van der Waals surface area contributed by atoms with Gasteiger partial charge < -0.3 is 14.5 Å². The van der Waals surface area contributed by atoms with E-state index >= 15 is 0 Å². The third-order valence-corrected chi connectivity index (χ3v) is 9.44. The van der Waals surface area contributed by atoms with Crippen LogP contribution in [0.3, 0.4) is 0 Å². The average molecular weight is 522 g/mol. The van der Waals surface area contributed by atoms with Crippen LogP contribution in [-0.2, 0) is 14.3 Å². The van der Waals surface area contributed by atoms with Gasteiger partial charge in [0.15, 0.2) is 11.9 Å². The highest BCUT2D eigenvalue weighted by molar-refractivity contribution is 8.07. The van der Waals surface area contributed by atoms with Gasteiger partial charge in [0.05, 0.1) is 5.25 Å². The highest BCUT2D eigenvalue weighted by Crippen LogP contribution is 2.43. The molecule has 3 amide bonds. The fraction of sp³-hybridized carbons (Fsp3) is 0.500. The lowest BCUT2D eigenvalue weighted by Crippen LogP contribution is -2.52. The second-order valence-corrected chi connectivity index (χ2v) is 11.1. The Balaban J connectivity index is 1.39. The molecular weight excluding hydrogens is 498 g/mol. The summed E-state index contributed by atoms with van der Waals surface area (Å²) in [6.07, 6.45) is -0.812. The first-order chi connectivity index (χ1) is 16.5. The van der Waals surface area contributed by atoms with Gasteiger partial charge in [-0.25, -0.2) is 14.8 Å². The van der Waals surface area contributed by atoms with Crippen LogP contribution in [-0.4, -0.2) is 92.1 Å². The van der Waals surface area contributed by atoms with Crippen LogP contribution in [0, 0.1) is 0 Å². The second-order valence-electron chi connectivity index (χ2n) is 8.18. The number of hydrogen-bond acceptors (Lipinski definition) is 8. The van der Waals surface area contributed by atoms with E-state index in [0.29, 0.717) is 49.2 Å². The van der Waals surface area contributed by atoms with Crippen molar-refractivity contribution in [1.82, 2.24) is 19.8 Å². The normalized spacial score (nSPS) is 24.9. The molecule has 0 spiro atoms. The summed E-state index contributed by atoms with van der Waals surface area (Å²) in [4.78, 5) is 52.2. The molecule has 9 nitrogen and oxygen atoms in total. The highest BCUT2D eigenvalue weighted by Gasteiger charge is 2.53. The molecule has 2 unspecified atom stereocenters. The fourth-order valence-electron chi connectivity index (χ4n) is 4.40. The molecule has 3 atom stereocenters. The summed E-state index contributed by atoms with van der Waals surface area (Å²) in [5, 5.41) is 0.616. The number of amides is 3. The van der Waals surface area contributed by atoms with E-state index in [1.54, 1.807) is 45.5 Å². The lowest BCUT2D eigenvalue weighted by molar-refractivity contribution is -0.132. The number of halogens is 1. The minimum Gasteiger partial charge on any atom is -0.423 e. The van der Waals surface area contributed by atoms with Crippen molar-refractivity contribution in [1.29, 1.82) is 0 Å². The van der Waals surface area contributed by atoms with Gasteiger partial charge >= 0.3 is 6.09 Å². The predicted molar refractivity (Wildman–Crippen MR) is 133 cm³/mol. The monoisotopic (exact) mass is 521 g/mol. The second kappa shape index (κ2) is 9.79. The van der Waals surface area contributed by atoms with E-state index < -0.39 is 12.3 Å². The minimum absolute atomic E-state index is 0.0788. The van der Waals surface area contributed by atoms with Crippen LogP contribution in [0.4, 0.5) is 10.6 Å². The molecule has 34 heavy (non-hydrogen) atoms. The number of rotatable bonds is 3. The van der Waals surface area contributed by atoms with Crippen molar-refractivity contribution in [2.45, 2.75) is 30.1 Å². The molecule has 0 aliphatic carbocycles. The summed E-state index contributed by atoms with van der Waals surface area (Å²) >= 11 is 9.29. The van der Waals surface area contributed by atoms with Crippen molar-refractivity contribution in [3.8, 4) is 0 Å². The standard InChI is InChI=1S/C22H24ClN5O4S2/c1-2-16(29)26-7-9-27(10-8-26)22(31)32-21-18-17(33-11-12-34-18)20(30)28(21)15-6-4-13-3-5-14(23)24-19(13)25-15/h3-6,17-18,21H,2,7-12H2,1H3/t17?,18?,21-/m0/s1. The van der Waals surface area contributed by atoms with E-state index in [-0.39, 0.29) is 22.3 Å². The number of carbonyl (C=O) groups is 3. The summed E-state index contributed by atoms with van der Waals surface area (Å²) in [5.74, 6) is 2.09. The van der Waals surface area contributed by atoms with Crippen LogP contribution in [0.25, 0.3) is 11.0 Å². The molecule has 180 valence electrons. The van der Waals surface area contributed by atoms with E-state index in [1.807, 2.05) is 19.1 Å². The zero-order valence-corrected chi connectivity index (χ0v) is 20.9. The van der Waals surface area contributed by atoms with E-state index in [0.717, 1.165) is 16.9 Å². The van der Waals surface area contributed by atoms with Crippen LogP contribution in [0.2, 0.25) is 5.15 Å². The van der Waals surface area contributed by atoms with Crippen LogP contribution in [0.1, 0.15) is 13.3 Å². The predicted octanol–water partition coefficient (Wildman–Crippen LogP) is 2.86. The maximum Gasteiger partial charge on any atom is 0.411 e. The largest absolute Gasteiger partial charge is 0.423 e. The van der Waals surface area contributed by atoms with Gasteiger partial charge in [-0.15, -0.1) is 11.8 Å². The highest BCUT2D eigenvalue weighted by atomic mass is 35.5. The summed E-state index contributed by atoms with van der Waals surface area (Å²) in [6.45, 7) is 3.58. The number of carbonyl (C=O) groups excluding carboxylic acids is 3. The van der Waals surface area contributed by atoms with E-state index in [9.17, 15) is 14.4 Å². The topological polar surface area (TPSA) is 95.9 Å².